The van der Waals surface area contributed by atoms with Gasteiger partial charge in [0.1, 0.15) is 0 Å². The van der Waals surface area contributed by atoms with E-state index in [0.29, 0.717) is 41.4 Å². The second kappa shape index (κ2) is 10.2. The third kappa shape index (κ3) is 3.83. The van der Waals surface area contributed by atoms with E-state index >= 15 is 0 Å². The Labute approximate surface area is 297 Å². The van der Waals surface area contributed by atoms with E-state index in [9.17, 15) is 0 Å². The molecule has 4 aliphatic rings. The van der Waals surface area contributed by atoms with Crippen molar-refractivity contribution in [2.45, 2.75) is 126 Å². The molecule has 0 amide bonds. The van der Waals surface area contributed by atoms with Gasteiger partial charge >= 0.3 is 0 Å². The lowest BCUT2D eigenvalue weighted by atomic mass is 9.37. The molecule has 0 aliphatic heterocycles. The Balaban J connectivity index is 1.52. The fourth-order valence-corrected chi connectivity index (χ4v) is 13.0. The molecule has 0 nitrogen and oxygen atoms in total. The lowest BCUT2D eigenvalue weighted by Crippen LogP contribution is -2.64. The zero-order valence-corrected chi connectivity index (χ0v) is 33.2. The normalized spacial score (nSPS) is 25.5. The van der Waals surface area contributed by atoms with Gasteiger partial charge < -0.3 is 0 Å². The predicted molar refractivity (Wildman–Crippen MR) is 213 cm³/mol. The van der Waals surface area contributed by atoms with Crippen molar-refractivity contribution >= 4 is 21.9 Å². The van der Waals surface area contributed by atoms with Crippen LogP contribution in [0.4, 0.5) is 0 Å². The van der Waals surface area contributed by atoms with Crippen LogP contribution in [0.3, 0.4) is 0 Å². The van der Waals surface area contributed by atoms with E-state index in [1.54, 1.807) is 39.0 Å². The minimum absolute atomic E-state index is 0.00447. The van der Waals surface area contributed by atoms with Gasteiger partial charge in [0.2, 0.25) is 0 Å². The van der Waals surface area contributed by atoms with Crippen molar-refractivity contribution in [1.82, 2.24) is 0 Å². The van der Waals surface area contributed by atoms with Gasteiger partial charge in [-0.15, -0.1) is 0 Å². The van der Waals surface area contributed by atoms with Crippen LogP contribution in [0.25, 0.3) is 33.0 Å². The second-order valence-corrected chi connectivity index (χ2v) is 19.2. The van der Waals surface area contributed by atoms with Crippen LogP contribution in [0.5, 0.6) is 0 Å². The minimum atomic E-state index is -0.107. The molecule has 2 atom stereocenters. The first-order valence-electron chi connectivity index (χ1n) is 19.5. The highest BCUT2D eigenvalue weighted by Crippen LogP contribution is 2.75. The highest BCUT2D eigenvalue weighted by atomic mass is 14.7. The Kier molecular flexibility index (Phi) is 6.90. The third-order valence-electron chi connectivity index (χ3n) is 14.2. The maximum Gasteiger partial charge on any atom is 0.0288 e. The van der Waals surface area contributed by atoms with Gasteiger partial charge in [-0.1, -0.05) is 137 Å². The number of fused-ring (bicyclic) bond motifs is 12. The molecule has 49 heavy (non-hydrogen) atoms. The van der Waals surface area contributed by atoms with Crippen LogP contribution < -0.4 is 0 Å². The van der Waals surface area contributed by atoms with Crippen molar-refractivity contribution in [3.63, 3.8) is 0 Å². The summed E-state index contributed by atoms with van der Waals surface area (Å²) in [6, 6.07) is 20.3. The Bertz CT molecular complexity index is 2100. The molecule has 1 spiro atoms. The number of hydrogen-bond acceptors (Lipinski definition) is 0. The van der Waals surface area contributed by atoms with Gasteiger partial charge in [-0.05, 0) is 145 Å². The molecule has 0 aromatic heterocycles. The molecule has 256 valence electrons. The van der Waals surface area contributed by atoms with Crippen LogP contribution in [0.2, 0.25) is 0 Å². The van der Waals surface area contributed by atoms with Crippen molar-refractivity contribution < 1.29 is 0 Å². The first-order chi connectivity index (χ1) is 22.9. The first-order valence-corrected chi connectivity index (χ1v) is 19.5. The molecule has 4 aromatic carbocycles. The molecule has 0 heterocycles. The van der Waals surface area contributed by atoms with E-state index in [2.05, 4.69) is 152 Å². The average Bonchev–Trinajstić information content (AvgIpc) is 3.51. The Hall–Kier alpha value is -3.12. The summed E-state index contributed by atoms with van der Waals surface area (Å²) in [5.74, 6) is 4.24. The molecule has 0 heteroatoms. The summed E-state index contributed by atoms with van der Waals surface area (Å²) >= 11 is 0. The van der Waals surface area contributed by atoms with Gasteiger partial charge in [0.15, 0.2) is 0 Å². The Morgan fingerprint density at radius 3 is 1.73 bits per heavy atom. The van der Waals surface area contributed by atoms with Crippen LogP contribution in [0.1, 0.15) is 145 Å². The second-order valence-electron chi connectivity index (χ2n) is 19.2. The molecular formula is C49H60. The molecule has 4 aromatic rings. The predicted octanol–water partition coefficient (Wildman–Crippen LogP) is 13.5. The van der Waals surface area contributed by atoms with E-state index in [0.717, 1.165) is 0 Å². The summed E-state index contributed by atoms with van der Waals surface area (Å²) in [5, 5.41) is 3.02. The highest BCUT2D eigenvalue weighted by molar-refractivity contribution is 6.13. The summed E-state index contributed by atoms with van der Waals surface area (Å²) in [5.41, 5.74) is 21.3. The number of hydrogen-bond donors (Lipinski definition) is 0. The minimum Gasteiger partial charge on any atom is -0.0625 e. The maximum absolute atomic E-state index is 2.66. The fourth-order valence-electron chi connectivity index (χ4n) is 13.0. The van der Waals surface area contributed by atoms with Crippen molar-refractivity contribution in [2.75, 3.05) is 0 Å². The summed E-state index contributed by atoms with van der Waals surface area (Å²) in [7, 11) is 0. The zero-order chi connectivity index (χ0) is 35.4. The number of aryl methyl sites for hydroxylation is 3. The molecule has 1 fully saturated rings. The average molecular weight is 649 g/mol. The molecule has 0 saturated heterocycles. The summed E-state index contributed by atoms with van der Waals surface area (Å²) in [6.07, 6.45) is 0. The Morgan fingerprint density at radius 1 is 0.551 bits per heavy atom. The molecule has 4 aliphatic carbocycles. The standard InChI is InChI=1S/C49H60/c1-24(2)31-16-18-36-33(23-31)46-45(47(36,12)13)32-17-19-37-40(44(32)48(46,14)15)35-22-30(11)39-29(10)20-28(9)21-34(39)43(35)49(37)41(26(5)6)38(25(3)4)42(49)27(7)8/h16-27,38,41-42H,1-15H3. The van der Waals surface area contributed by atoms with Crippen molar-refractivity contribution in [1.29, 1.82) is 0 Å². The largest absolute Gasteiger partial charge is 0.0625 e. The molecule has 0 N–H and O–H groups in total. The molecule has 0 radical (unpaired) electrons. The fraction of sp³-hybridized carbons (Fsp3) is 0.510. The smallest absolute Gasteiger partial charge is 0.0288 e. The van der Waals surface area contributed by atoms with Crippen molar-refractivity contribution in [2.24, 2.45) is 35.5 Å². The molecule has 8 rings (SSSR count). The van der Waals surface area contributed by atoms with Crippen molar-refractivity contribution in [3.8, 4) is 11.1 Å². The lowest BCUT2D eigenvalue weighted by molar-refractivity contribution is -0.105. The van der Waals surface area contributed by atoms with E-state index in [1.165, 1.54) is 49.7 Å². The monoisotopic (exact) mass is 648 g/mol. The summed E-state index contributed by atoms with van der Waals surface area (Å²) in [6.45, 7) is 37.0. The van der Waals surface area contributed by atoms with Crippen LogP contribution in [-0.2, 0) is 16.2 Å². The van der Waals surface area contributed by atoms with Crippen LogP contribution in [0, 0.1) is 56.3 Å². The van der Waals surface area contributed by atoms with E-state index in [4.69, 9.17) is 0 Å². The first kappa shape index (κ1) is 33.0. The maximum atomic E-state index is 2.66. The van der Waals surface area contributed by atoms with Crippen LogP contribution in [-0.4, -0.2) is 0 Å². The number of benzene rings is 4. The van der Waals surface area contributed by atoms with Gasteiger partial charge in [0.05, 0.1) is 0 Å². The summed E-state index contributed by atoms with van der Waals surface area (Å²) < 4.78 is 0. The third-order valence-corrected chi connectivity index (χ3v) is 14.2. The molecule has 2 unspecified atom stereocenters. The highest BCUT2D eigenvalue weighted by Gasteiger charge is 2.69. The molecule has 0 bridgehead atoms. The summed E-state index contributed by atoms with van der Waals surface area (Å²) in [4.78, 5) is 0. The SMILES string of the molecule is Cc1cc(C)c2c(C)cc3c(c2c1)C1(c2ccc4c(c2-3)C(C)(C)C2=C4C(C)(C)c3ccc(C(C)C)cc32)C(C(C)C)C(C(C)C)C1C(C)C. The number of allylic oxidation sites excluding steroid dienone is 2. The van der Waals surface area contributed by atoms with Crippen molar-refractivity contribution in [3.05, 3.63) is 104 Å². The lowest BCUT2D eigenvalue weighted by Gasteiger charge is -2.66. The Morgan fingerprint density at radius 2 is 1.14 bits per heavy atom. The van der Waals surface area contributed by atoms with Gasteiger partial charge in [-0.2, -0.15) is 0 Å². The van der Waals surface area contributed by atoms with Gasteiger partial charge in [0, 0.05) is 16.2 Å². The van der Waals surface area contributed by atoms with E-state index in [1.807, 2.05) is 0 Å². The molecular weight excluding hydrogens is 589 g/mol. The van der Waals surface area contributed by atoms with Crippen LogP contribution in [0.15, 0.2) is 48.5 Å². The quantitative estimate of drug-likeness (QED) is 0.207. The van der Waals surface area contributed by atoms with Gasteiger partial charge in [0.25, 0.3) is 0 Å². The van der Waals surface area contributed by atoms with E-state index in [-0.39, 0.29) is 16.2 Å². The van der Waals surface area contributed by atoms with Crippen LogP contribution >= 0.6 is 0 Å². The van der Waals surface area contributed by atoms with E-state index < -0.39 is 0 Å². The number of rotatable bonds is 4. The topological polar surface area (TPSA) is 0 Å². The zero-order valence-electron chi connectivity index (χ0n) is 33.2. The van der Waals surface area contributed by atoms with Gasteiger partial charge in [-0.25, -0.2) is 0 Å². The van der Waals surface area contributed by atoms with Gasteiger partial charge in [-0.3, -0.25) is 0 Å². The molecule has 1 saturated carbocycles.